The molecule has 2 atom stereocenters. The van der Waals surface area contributed by atoms with Gasteiger partial charge in [-0.25, -0.2) is 4.79 Å². The van der Waals surface area contributed by atoms with Crippen molar-refractivity contribution in [2.24, 2.45) is 0 Å². The van der Waals surface area contributed by atoms with Gasteiger partial charge >= 0.3 is 6.09 Å². The number of hydrogen-bond donors (Lipinski definition) is 0. The third-order valence-corrected chi connectivity index (χ3v) is 5.07. The minimum Gasteiger partial charge on any atom is -0.445 e. The van der Waals surface area contributed by atoms with Crippen LogP contribution < -0.4 is 0 Å². The topological polar surface area (TPSA) is 110 Å². The number of ether oxygens (including phenoxy) is 1. The summed E-state index contributed by atoms with van der Waals surface area (Å²) >= 11 is 1.11. The van der Waals surface area contributed by atoms with E-state index in [-0.39, 0.29) is 35.1 Å². The number of likely N-dealkylation sites (N-methyl/N-ethyl adjacent to an activating group) is 1. The van der Waals surface area contributed by atoms with Crippen molar-refractivity contribution in [3.8, 4) is 0 Å². The minimum absolute atomic E-state index is 0.0506. The van der Waals surface area contributed by atoms with Gasteiger partial charge in [0.05, 0.1) is 4.92 Å². The fourth-order valence-corrected chi connectivity index (χ4v) is 3.78. The summed E-state index contributed by atoms with van der Waals surface area (Å²) in [5, 5.41) is 10.4. The lowest BCUT2D eigenvalue weighted by Crippen LogP contribution is -2.45. The van der Waals surface area contributed by atoms with Crippen molar-refractivity contribution >= 4 is 34.6 Å². The predicted molar refractivity (Wildman–Crippen MR) is 99.1 cm³/mol. The highest BCUT2D eigenvalue weighted by molar-refractivity contribution is 8.14. The van der Waals surface area contributed by atoms with Gasteiger partial charge in [-0.2, -0.15) is 0 Å². The summed E-state index contributed by atoms with van der Waals surface area (Å²) in [6, 6.07) is 4.99. The first-order valence-electron chi connectivity index (χ1n) is 8.24. The molecule has 9 nitrogen and oxygen atoms in total. The Morgan fingerprint density at radius 2 is 1.93 bits per heavy atom. The van der Waals surface area contributed by atoms with E-state index in [2.05, 4.69) is 0 Å². The number of benzene rings is 1. The third kappa shape index (κ3) is 5.43. The van der Waals surface area contributed by atoms with E-state index < -0.39 is 17.1 Å². The second-order valence-corrected chi connectivity index (χ2v) is 7.82. The van der Waals surface area contributed by atoms with E-state index in [9.17, 15) is 24.5 Å². The molecular weight excluding hydrogens is 374 g/mol. The highest BCUT2D eigenvalue weighted by atomic mass is 32.2. The number of nitro groups is 1. The molecule has 0 aromatic heterocycles. The van der Waals surface area contributed by atoms with E-state index in [4.69, 9.17) is 4.74 Å². The lowest BCUT2D eigenvalue weighted by Gasteiger charge is -2.25. The zero-order chi connectivity index (χ0) is 20.1. The summed E-state index contributed by atoms with van der Waals surface area (Å²) in [7, 11) is 3.21. The molecule has 0 spiro atoms. The maximum atomic E-state index is 12.5. The average molecular weight is 395 g/mol. The number of carbonyl (C=O) groups is 3. The van der Waals surface area contributed by atoms with Crippen LogP contribution in [0.15, 0.2) is 24.3 Å². The number of likely N-dealkylation sites (tertiary alicyclic amines) is 1. The van der Waals surface area contributed by atoms with Crippen molar-refractivity contribution in [2.75, 3.05) is 20.6 Å². The van der Waals surface area contributed by atoms with Gasteiger partial charge in [0.25, 0.3) is 5.69 Å². The molecule has 2 amide bonds. The van der Waals surface area contributed by atoms with Crippen molar-refractivity contribution in [3.63, 3.8) is 0 Å². The summed E-state index contributed by atoms with van der Waals surface area (Å²) in [6.45, 7) is 1.62. The molecule has 1 heterocycles. The zero-order valence-electron chi connectivity index (χ0n) is 15.3. The van der Waals surface area contributed by atoms with Gasteiger partial charge in [-0.15, -0.1) is 0 Å². The summed E-state index contributed by atoms with van der Waals surface area (Å²) < 4.78 is 5.28. The number of amides is 2. The quantitative estimate of drug-likeness (QED) is 0.554. The standard InChI is InChI=1S/C17H21N3O6S/c1-11(21)27-14-8-15(16(22)18(2)3)19(9-14)17(23)26-10-12-4-6-13(7-5-12)20(24)25/h4-7,14-15H,8-10H2,1-3H3/t14-,15+/m0/s1. The number of thioether (sulfide) groups is 1. The summed E-state index contributed by atoms with van der Waals surface area (Å²) in [4.78, 5) is 49.1. The fraction of sp³-hybridized carbons (Fsp3) is 0.471. The van der Waals surface area contributed by atoms with Crippen LogP contribution in [0.1, 0.15) is 18.9 Å². The maximum Gasteiger partial charge on any atom is 0.410 e. The molecule has 0 aliphatic carbocycles. The van der Waals surface area contributed by atoms with E-state index in [1.165, 1.54) is 41.0 Å². The molecule has 2 rings (SSSR count). The van der Waals surface area contributed by atoms with Crippen LogP contribution in [-0.4, -0.2) is 63.8 Å². The van der Waals surface area contributed by atoms with E-state index in [1.807, 2.05) is 0 Å². The van der Waals surface area contributed by atoms with Gasteiger partial charge in [-0.3, -0.25) is 24.6 Å². The molecule has 1 aromatic carbocycles. The molecule has 1 fully saturated rings. The minimum atomic E-state index is -0.679. The van der Waals surface area contributed by atoms with Gasteiger partial charge in [0.2, 0.25) is 5.91 Å². The van der Waals surface area contributed by atoms with Crippen molar-refractivity contribution in [2.45, 2.75) is 31.2 Å². The predicted octanol–water partition coefficient (Wildman–Crippen LogP) is 2.04. The maximum absolute atomic E-state index is 12.5. The van der Waals surface area contributed by atoms with Gasteiger partial charge in [0.15, 0.2) is 5.12 Å². The Balaban J connectivity index is 2.03. The Morgan fingerprint density at radius 1 is 1.30 bits per heavy atom. The molecule has 0 N–H and O–H groups in total. The van der Waals surface area contributed by atoms with Crippen molar-refractivity contribution < 1.29 is 24.0 Å². The summed E-state index contributed by atoms with van der Waals surface area (Å²) in [5.74, 6) is -0.228. The first-order chi connectivity index (χ1) is 12.7. The van der Waals surface area contributed by atoms with Crippen molar-refractivity contribution in [1.29, 1.82) is 0 Å². The van der Waals surface area contributed by atoms with E-state index >= 15 is 0 Å². The summed E-state index contributed by atoms with van der Waals surface area (Å²) in [5.41, 5.74) is 0.545. The molecule has 1 aromatic rings. The molecule has 0 radical (unpaired) electrons. The first kappa shape index (κ1) is 20.7. The molecule has 1 saturated heterocycles. The average Bonchev–Trinajstić information content (AvgIpc) is 3.02. The lowest BCUT2D eigenvalue weighted by atomic mass is 10.2. The smallest absolute Gasteiger partial charge is 0.410 e. The number of non-ortho nitro benzene ring substituents is 1. The van der Waals surface area contributed by atoms with E-state index in [1.54, 1.807) is 14.1 Å². The van der Waals surface area contributed by atoms with Crippen molar-refractivity contribution in [1.82, 2.24) is 9.80 Å². The zero-order valence-corrected chi connectivity index (χ0v) is 16.1. The molecular formula is C17H21N3O6S. The molecule has 1 aliphatic heterocycles. The first-order valence-corrected chi connectivity index (χ1v) is 9.12. The van der Waals surface area contributed by atoms with Crippen LogP contribution in [0.2, 0.25) is 0 Å². The van der Waals surface area contributed by atoms with Crippen LogP contribution in [0, 0.1) is 10.1 Å². The Bertz CT molecular complexity index is 737. The van der Waals surface area contributed by atoms with Crippen molar-refractivity contribution in [3.05, 3.63) is 39.9 Å². The van der Waals surface area contributed by atoms with Crippen LogP contribution >= 0.6 is 11.8 Å². The largest absolute Gasteiger partial charge is 0.445 e. The second kappa shape index (κ2) is 8.85. The Hall–Kier alpha value is -2.62. The monoisotopic (exact) mass is 395 g/mol. The van der Waals surface area contributed by atoms with Gasteiger partial charge < -0.3 is 9.64 Å². The highest BCUT2D eigenvalue weighted by Crippen LogP contribution is 2.29. The molecule has 0 saturated carbocycles. The van der Waals surface area contributed by atoms with E-state index in [0.29, 0.717) is 12.0 Å². The molecule has 0 unspecified atom stereocenters. The Labute approximate surface area is 160 Å². The van der Waals surface area contributed by atoms with Gasteiger partial charge in [-0.1, -0.05) is 11.8 Å². The molecule has 146 valence electrons. The van der Waals surface area contributed by atoms with Crippen LogP contribution in [0.25, 0.3) is 0 Å². The second-order valence-electron chi connectivity index (χ2n) is 6.35. The fourth-order valence-electron chi connectivity index (χ4n) is 2.79. The third-order valence-electron chi connectivity index (χ3n) is 4.07. The van der Waals surface area contributed by atoms with Crippen LogP contribution in [0.4, 0.5) is 10.5 Å². The molecule has 27 heavy (non-hydrogen) atoms. The summed E-state index contributed by atoms with van der Waals surface area (Å²) in [6.07, 6.45) is -0.270. The number of hydrogen-bond acceptors (Lipinski definition) is 7. The van der Waals surface area contributed by atoms with E-state index in [0.717, 1.165) is 11.8 Å². The normalized spacial score (nSPS) is 18.9. The molecule has 1 aliphatic rings. The number of rotatable bonds is 5. The number of nitrogens with zero attached hydrogens (tertiary/aromatic N) is 3. The van der Waals surface area contributed by atoms with Crippen LogP contribution in [0.5, 0.6) is 0 Å². The lowest BCUT2D eigenvalue weighted by molar-refractivity contribution is -0.384. The van der Waals surface area contributed by atoms with Gasteiger partial charge in [-0.05, 0) is 24.1 Å². The molecule has 10 heteroatoms. The van der Waals surface area contributed by atoms with Gasteiger partial charge in [0.1, 0.15) is 12.6 Å². The molecule has 0 bridgehead atoms. The Kier molecular flexibility index (Phi) is 6.78. The number of carbonyl (C=O) groups excluding carboxylic acids is 3. The van der Waals surface area contributed by atoms with Gasteiger partial charge in [0, 0.05) is 44.9 Å². The SMILES string of the molecule is CC(=O)S[C@H]1C[C@H](C(=O)N(C)C)N(C(=O)OCc2ccc([N+](=O)[O-])cc2)C1. The number of nitro benzene ring substituents is 1. The highest BCUT2D eigenvalue weighted by Gasteiger charge is 2.41. The Morgan fingerprint density at radius 3 is 2.44 bits per heavy atom. The van der Waals surface area contributed by atoms with Crippen LogP contribution in [0.3, 0.4) is 0 Å². The van der Waals surface area contributed by atoms with Crippen LogP contribution in [-0.2, 0) is 20.9 Å².